The largest absolute Gasteiger partial charge is 0.497 e. The Morgan fingerprint density at radius 1 is 1.40 bits per heavy atom. The van der Waals surface area contributed by atoms with Crippen LogP contribution in [0.5, 0.6) is 5.75 Å². The average molecular weight is 299 g/mol. The van der Waals surface area contributed by atoms with Gasteiger partial charge >= 0.3 is 0 Å². The van der Waals surface area contributed by atoms with Crippen molar-refractivity contribution in [3.63, 3.8) is 0 Å². The summed E-state index contributed by atoms with van der Waals surface area (Å²) in [6, 6.07) is 6.36. The quantitative estimate of drug-likeness (QED) is 0.620. The van der Waals surface area contributed by atoms with Crippen molar-refractivity contribution in [2.45, 2.75) is 31.7 Å². The van der Waals surface area contributed by atoms with Crippen LogP contribution >= 0.6 is 0 Å². The van der Waals surface area contributed by atoms with Crippen LogP contribution in [0.15, 0.2) is 18.2 Å². The molecule has 0 spiro atoms. The van der Waals surface area contributed by atoms with Gasteiger partial charge in [0.2, 0.25) is 0 Å². The maximum Gasteiger partial charge on any atom is 0.264 e. The molecule has 2 rings (SSSR count). The fourth-order valence-electron chi connectivity index (χ4n) is 2.65. The van der Waals surface area contributed by atoms with Crippen LogP contribution in [0.2, 0.25) is 0 Å². The van der Waals surface area contributed by atoms with Crippen LogP contribution < -0.4 is 10.1 Å². The summed E-state index contributed by atoms with van der Waals surface area (Å²) in [5.41, 5.74) is 2.56. The molecule has 0 bridgehead atoms. The molecule has 1 aliphatic heterocycles. The first-order valence-corrected chi connectivity index (χ1v) is 8.46. The summed E-state index contributed by atoms with van der Waals surface area (Å²) < 4.78 is 35.3. The van der Waals surface area contributed by atoms with Gasteiger partial charge in [0, 0.05) is 6.04 Å². The molecule has 1 aromatic rings. The second-order valence-electron chi connectivity index (χ2n) is 5.10. The number of nitrogens with one attached hydrogen (secondary N) is 1. The van der Waals surface area contributed by atoms with Gasteiger partial charge in [-0.05, 0) is 49.1 Å². The normalized spacial score (nSPS) is 18.6. The molecule has 2 N–H and O–H groups in total. The number of unbranched alkanes of at least 4 members (excludes halogenated alkanes) is 1. The number of ether oxygens (including phenoxy) is 1. The van der Waals surface area contributed by atoms with Crippen LogP contribution in [-0.2, 0) is 16.5 Å². The van der Waals surface area contributed by atoms with E-state index in [4.69, 9.17) is 9.29 Å². The third-order valence-electron chi connectivity index (χ3n) is 3.66. The van der Waals surface area contributed by atoms with Gasteiger partial charge in [-0.1, -0.05) is 12.5 Å². The third kappa shape index (κ3) is 4.19. The molecular weight excluding hydrogens is 278 g/mol. The van der Waals surface area contributed by atoms with Crippen LogP contribution in [0.4, 0.5) is 0 Å². The number of hydrogen-bond donors (Lipinski definition) is 2. The first kappa shape index (κ1) is 15.3. The highest BCUT2D eigenvalue weighted by Crippen LogP contribution is 2.29. The molecule has 0 aliphatic carbocycles. The summed E-state index contributed by atoms with van der Waals surface area (Å²) in [6.45, 7) is 0.920. The monoisotopic (exact) mass is 299 g/mol. The molecule has 0 saturated carbocycles. The van der Waals surface area contributed by atoms with Crippen molar-refractivity contribution in [3.8, 4) is 5.75 Å². The molecule has 1 aromatic carbocycles. The first-order valence-electron chi connectivity index (χ1n) is 6.85. The lowest BCUT2D eigenvalue weighted by atomic mass is 9.91. The Kier molecular flexibility index (Phi) is 5.01. The summed E-state index contributed by atoms with van der Waals surface area (Å²) in [5, 5.41) is 3.46. The topological polar surface area (TPSA) is 75.6 Å². The zero-order valence-corrected chi connectivity index (χ0v) is 12.4. The molecule has 0 fully saturated rings. The highest BCUT2D eigenvalue weighted by Gasteiger charge is 2.19. The lowest BCUT2D eigenvalue weighted by molar-refractivity contribution is 0.410. The Morgan fingerprint density at radius 3 is 2.90 bits per heavy atom. The van der Waals surface area contributed by atoms with E-state index in [1.165, 1.54) is 11.1 Å². The molecule has 6 heteroatoms. The predicted molar refractivity (Wildman–Crippen MR) is 77.7 cm³/mol. The number of fused-ring (bicyclic) bond motifs is 1. The van der Waals surface area contributed by atoms with Gasteiger partial charge in [0.05, 0.1) is 12.9 Å². The smallest absolute Gasteiger partial charge is 0.264 e. The second-order valence-corrected chi connectivity index (χ2v) is 6.68. The van der Waals surface area contributed by atoms with Crippen LogP contribution in [0.3, 0.4) is 0 Å². The van der Waals surface area contributed by atoms with Crippen LogP contribution in [-0.4, -0.2) is 32.4 Å². The van der Waals surface area contributed by atoms with Crippen molar-refractivity contribution in [1.82, 2.24) is 5.32 Å². The molecule has 5 nitrogen and oxygen atoms in total. The van der Waals surface area contributed by atoms with Gasteiger partial charge in [-0.15, -0.1) is 0 Å². The van der Waals surface area contributed by atoms with Crippen molar-refractivity contribution in [3.05, 3.63) is 29.3 Å². The summed E-state index contributed by atoms with van der Waals surface area (Å²) >= 11 is 0. The van der Waals surface area contributed by atoms with E-state index in [1.54, 1.807) is 7.11 Å². The number of methoxy groups -OCH3 is 1. The van der Waals surface area contributed by atoms with Crippen LogP contribution in [0, 0.1) is 0 Å². The summed E-state index contributed by atoms with van der Waals surface area (Å²) in [4.78, 5) is 0. The second kappa shape index (κ2) is 6.56. The van der Waals surface area contributed by atoms with Gasteiger partial charge in [-0.3, -0.25) is 4.55 Å². The maximum atomic E-state index is 10.7. The Morgan fingerprint density at radius 2 is 2.20 bits per heavy atom. The molecule has 112 valence electrons. The molecule has 1 unspecified atom stereocenters. The molecule has 20 heavy (non-hydrogen) atoms. The minimum absolute atomic E-state index is 0.158. The van der Waals surface area contributed by atoms with E-state index < -0.39 is 10.1 Å². The SMILES string of the molecule is COc1ccc2c(c1)CCNC2CCCCS(=O)(=O)O. The predicted octanol–water partition coefficient (Wildman–Crippen LogP) is 1.94. The van der Waals surface area contributed by atoms with E-state index in [-0.39, 0.29) is 11.8 Å². The third-order valence-corrected chi connectivity index (χ3v) is 4.46. The van der Waals surface area contributed by atoms with Crippen molar-refractivity contribution in [2.24, 2.45) is 0 Å². The van der Waals surface area contributed by atoms with Gasteiger partial charge in [0.15, 0.2) is 0 Å². The van der Waals surface area contributed by atoms with E-state index in [0.29, 0.717) is 6.42 Å². The Labute approximate surface area is 120 Å². The minimum Gasteiger partial charge on any atom is -0.497 e. The van der Waals surface area contributed by atoms with E-state index >= 15 is 0 Å². The zero-order chi connectivity index (χ0) is 14.6. The lowest BCUT2D eigenvalue weighted by Crippen LogP contribution is -2.29. The van der Waals surface area contributed by atoms with Crippen molar-refractivity contribution >= 4 is 10.1 Å². The Hall–Kier alpha value is -1.11. The average Bonchev–Trinajstić information content (AvgIpc) is 2.42. The number of benzene rings is 1. The zero-order valence-electron chi connectivity index (χ0n) is 11.6. The summed E-state index contributed by atoms with van der Waals surface area (Å²) in [7, 11) is -2.17. The van der Waals surface area contributed by atoms with Gasteiger partial charge < -0.3 is 10.1 Å². The van der Waals surface area contributed by atoms with Crippen molar-refractivity contribution < 1.29 is 17.7 Å². The standard InChI is InChI=1S/C14H21NO4S/c1-19-12-5-6-13-11(10-12)7-8-15-14(13)4-2-3-9-20(16,17)18/h5-6,10,14-15H,2-4,7-9H2,1H3,(H,16,17,18). The molecule has 1 aliphatic rings. The van der Waals surface area contributed by atoms with E-state index in [0.717, 1.165) is 31.6 Å². The fourth-order valence-corrected chi connectivity index (χ4v) is 3.22. The molecular formula is C14H21NO4S. The van der Waals surface area contributed by atoms with E-state index in [2.05, 4.69) is 17.4 Å². The molecule has 0 aromatic heterocycles. The minimum atomic E-state index is -3.83. The van der Waals surface area contributed by atoms with Gasteiger partial charge in [-0.25, -0.2) is 0 Å². The molecule has 0 saturated heterocycles. The van der Waals surface area contributed by atoms with Crippen molar-refractivity contribution in [2.75, 3.05) is 19.4 Å². The Balaban J connectivity index is 1.95. The lowest BCUT2D eigenvalue weighted by Gasteiger charge is -2.27. The van der Waals surface area contributed by atoms with Gasteiger partial charge in [0.1, 0.15) is 5.75 Å². The van der Waals surface area contributed by atoms with Gasteiger partial charge in [-0.2, -0.15) is 8.42 Å². The first-order chi connectivity index (χ1) is 9.49. The van der Waals surface area contributed by atoms with E-state index in [1.807, 2.05) is 6.07 Å². The molecule has 1 atom stereocenters. The summed E-state index contributed by atoms with van der Waals surface area (Å²) in [5.74, 6) is 0.714. The van der Waals surface area contributed by atoms with Gasteiger partial charge in [0.25, 0.3) is 10.1 Å². The maximum absolute atomic E-state index is 10.7. The summed E-state index contributed by atoms with van der Waals surface area (Å²) in [6.07, 6.45) is 3.11. The highest BCUT2D eigenvalue weighted by atomic mass is 32.2. The Bertz CT molecular complexity index is 556. The van der Waals surface area contributed by atoms with Crippen molar-refractivity contribution in [1.29, 1.82) is 0 Å². The number of rotatable bonds is 6. The molecule has 1 heterocycles. The van der Waals surface area contributed by atoms with E-state index in [9.17, 15) is 8.42 Å². The molecule has 0 amide bonds. The fraction of sp³-hybridized carbons (Fsp3) is 0.571. The molecule has 0 radical (unpaired) electrons. The van der Waals surface area contributed by atoms with Crippen LogP contribution in [0.25, 0.3) is 0 Å². The highest BCUT2D eigenvalue weighted by molar-refractivity contribution is 7.85. The number of hydrogen-bond acceptors (Lipinski definition) is 4. The van der Waals surface area contributed by atoms with Crippen LogP contribution in [0.1, 0.15) is 36.4 Å².